The lowest BCUT2D eigenvalue weighted by Crippen LogP contribution is -2.23. The van der Waals surface area contributed by atoms with Crippen LogP contribution in [0.3, 0.4) is 0 Å². The van der Waals surface area contributed by atoms with Crippen LogP contribution in [0.5, 0.6) is 0 Å². The molecule has 100 valence electrons. The Labute approximate surface area is 113 Å². The fourth-order valence-electron chi connectivity index (χ4n) is 1.87. The molecule has 1 aromatic rings. The molecule has 0 radical (unpaired) electrons. The minimum Gasteiger partial charge on any atom is -0.330 e. The van der Waals surface area contributed by atoms with Crippen LogP contribution in [0.15, 0.2) is 18.3 Å². The highest BCUT2D eigenvalue weighted by Gasteiger charge is 2.15. The van der Waals surface area contributed by atoms with E-state index < -0.39 is 0 Å². The zero-order valence-electron chi connectivity index (χ0n) is 10.8. The standard InChI is InChI=1S/C13H20ClN3O/c1-9(2)6-10(8-15)7-12(18)17-11-4-3-5-16-13(11)14/h3-5,9-10H,6-8,15H2,1-2H3,(H,17,18)/t10-/m0/s1. The zero-order valence-corrected chi connectivity index (χ0v) is 11.6. The molecule has 0 bridgehead atoms. The summed E-state index contributed by atoms with van der Waals surface area (Å²) in [5, 5.41) is 3.06. The zero-order chi connectivity index (χ0) is 13.5. The quantitative estimate of drug-likeness (QED) is 0.780. The van der Waals surface area contributed by atoms with E-state index in [9.17, 15) is 4.79 Å². The molecule has 5 heteroatoms. The van der Waals surface area contributed by atoms with Crippen LogP contribution in [-0.4, -0.2) is 17.4 Å². The number of hydrogen-bond acceptors (Lipinski definition) is 3. The molecule has 18 heavy (non-hydrogen) atoms. The monoisotopic (exact) mass is 269 g/mol. The van der Waals surface area contributed by atoms with Crippen LogP contribution >= 0.6 is 11.6 Å². The van der Waals surface area contributed by atoms with Gasteiger partial charge in [-0.2, -0.15) is 0 Å². The van der Waals surface area contributed by atoms with E-state index in [1.807, 2.05) is 0 Å². The fraction of sp³-hybridized carbons (Fsp3) is 0.538. The van der Waals surface area contributed by atoms with Gasteiger partial charge in [0.1, 0.15) is 0 Å². The second kappa shape index (κ2) is 7.34. The number of nitrogens with one attached hydrogen (secondary N) is 1. The summed E-state index contributed by atoms with van der Waals surface area (Å²) in [6, 6.07) is 3.46. The smallest absolute Gasteiger partial charge is 0.224 e. The molecule has 0 saturated carbocycles. The first-order valence-corrected chi connectivity index (χ1v) is 6.51. The number of rotatable bonds is 6. The summed E-state index contributed by atoms with van der Waals surface area (Å²) in [6.07, 6.45) is 2.95. The Morgan fingerprint density at radius 2 is 2.28 bits per heavy atom. The van der Waals surface area contributed by atoms with Crippen molar-refractivity contribution in [1.82, 2.24) is 4.98 Å². The van der Waals surface area contributed by atoms with Crippen LogP contribution in [0.25, 0.3) is 0 Å². The average Bonchev–Trinajstić information content (AvgIpc) is 2.30. The molecule has 0 saturated heterocycles. The normalized spacial score (nSPS) is 12.5. The van der Waals surface area contributed by atoms with Gasteiger partial charge in [0.05, 0.1) is 5.69 Å². The van der Waals surface area contributed by atoms with Crippen LogP contribution in [0, 0.1) is 11.8 Å². The average molecular weight is 270 g/mol. The summed E-state index contributed by atoms with van der Waals surface area (Å²) in [7, 11) is 0. The minimum absolute atomic E-state index is 0.0685. The van der Waals surface area contributed by atoms with Gasteiger partial charge in [0.2, 0.25) is 5.91 Å². The number of nitrogens with zero attached hydrogens (tertiary/aromatic N) is 1. The van der Waals surface area contributed by atoms with Crippen molar-refractivity contribution in [3.05, 3.63) is 23.5 Å². The van der Waals surface area contributed by atoms with Crippen molar-refractivity contribution in [2.45, 2.75) is 26.7 Å². The highest BCUT2D eigenvalue weighted by molar-refractivity contribution is 6.32. The van der Waals surface area contributed by atoms with Crippen LogP contribution in [0.2, 0.25) is 5.15 Å². The highest BCUT2D eigenvalue weighted by atomic mass is 35.5. The van der Waals surface area contributed by atoms with Crippen molar-refractivity contribution < 1.29 is 4.79 Å². The molecule has 1 aromatic heterocycles. The molecule has 1 amide bonds. The molecule has 0 aliphatic rings. The first-order valence-electron chi connectivity index (χ1n) is 6.13. The van der Waals surface area contributed by atoms with Gasteiger partial charge in [-0.25, -0.2) is 4.98 Å². The summed E-state index contributed by atoms with van der Waals surface area (Å²) in [5.41, 5.74) is 6.22. The molecule has 0 aliphatic heterocycles. The van der Waals surface area contributed by atoms with Gasteiger partial charge >= 0.3 is 0 Å². The first kappa shape index (κ1) is 14.9. The molecule has 0 fully saturated rings. The van der Waals surface area contributed by atoms with Crippen LogP contribution in [-0.2, 0) is 4.79 Å². The maximum atomic E-state index is 11.9. The lowest BCUT2D eigenvalue weighted by Gasteiger charge is -2.16. The maximum Gasteiger partial charge on any atom is 0.224 e. The predicted molar refractivity (Wildman–Crippen MR) is 74.5 cm³/mol. The van der Waals surface area contributed by atoms with Crippen LogP contribution < -0.4 is 11.1 Å². The summed E-state index contributed by atoms with van der Waals surface area (Å²) in [6.45, 7) is 4.77. The first-order chi connectivity index (χ1) is 8.52. The van der Waals surface area contributed by atoms with E-state index in [1.54, 1.807) is 18.3 Å². The summed E-state index contributed by atoms with van der Waals surface area (Å²) in [4.78, 5) is 15.8. The molecule has 0 aromatic carbocycles. The van der Waals surface area contributed by atoms with E-state index in [1.165, 1.54) is 0 Å². The van der Waals surface area contributed by atoms with E-state index >= 15 is 0 Å². The summed E-state index contributed by atoms with van der Waals surface area (Å²) >= 11 is 5.87. The Hall–Kier alpha value is -1.13. The number of pyridine rings is 1. The Balaban J connectivity index is 2.53. The van der Waals surface area contributed by atoms with E-state index in [4.69, 9.17) is 17.3 Å². The van der Waals surface area contributed by atoms with Crippen molar-refractivity contribution in [1.29, 1.82) is 0 Å². The van der Waals surface area contributed by atoms with Gasteiger partial charge in [0.15, 0.2) is 5.15 Å². The van der Waals surface area contributed by atoms with Crippen LogP contribution in [0.4, 0.5) is 5.69 Å². The van der Waals surface area contributed by atoms with Gasteiger partial charge in [-0.1, -0.05) is 25.4 Å². The summed E-state index contributed by atoms with van der Waals surface area (Å²) < 4.78 is 0. The van der Waals surface area contributed by atoms with Gasteiger partial charge in [0.25, 0.3) is 0 Å². The largest absolute Gasteiger partial charge is 0.330 e. The number of carbonyl (C=O) groups is 1. The number of hydrogen-bond donors (Lipinski definition) is 2. The van der Waals surface area contributed by atoms with Crippen molar-refractivity contribution >= 4 is 23.2 Å². The minimum atomic E-state index is -0.0685. The third-order valence-corrected chi connectivity index (χ3v) is 2.95. The van der Waals surface area contributed by atoms with Gasteiger partial charge in [0, 0.05) is 12.6 Å². The van der Waals surface area contributed by atoms with E-state index in [0.717, 1.165) is 6.42 Å². The molecule has 0 aliphatic carbocycles. The molecule has 1 rings (SSSR count). The maximum absolute atomic E-state index is 11.9. The Morgan fingerprint density at radius 3 is 2.83 bits per heavy atom. The van der Waals surface area contributed by atoms with Crippen molar-refractivity contribution in [3.8, 4) is 0 Å². The SMILES string of the molecule is CC(C)C[C@H](CN)CC(=O)Nc1cccnc1Cl. The lowest BCUT2D eigenvalue weighted by molar-refractivity contribution is -0.117. The van der Waals surface area contributed by atoms with Gasteiger partial charge < -0.3 is 11.1 Å². The van der Waals surface area contributed by atoms with E-state index in [0.29, 0.717) is 29.7 Å². The number of carbonyl (C=O) groups excluding carboxylic acids is 1. The second-order valence-corrected chi connectivity index (χ2v) is 5.18. The number of anilines is 1. The molecular formula is C13H20ClN3O. The number of halogens is 1. The fourth-order valence-corrected chi connectivity index (χ4v) is 2.04. The Bertz CT molecular complexity index is 396. The molecule has 0 spiro atoms. The predicted octanol–water partition coefficient (Wildman–Crippen LogP) is 2.68. The van der Waals surface area contributed by atoms with E-state index in [2.05, 4.69) is 24.1 Å². The molecule has 1 atom stereocenters. The summed E-state index contributed by atoms with van der Waals surface area (Å²) in [5.74, 6) is 0.676. The lowest BCUT2D eigenvalue weighted by atomic mass is 9.94. The van der Waals surface area contributed by atoms with Crippen molar-refractivity contribution in [3.63, 3.8) is 0 Å². The molecule has 1 heterocycles. The van der Waals surface area contributed by atoms with E-state index in [-0.39, 0.29) is 11.8 Å². The third kappa shape index (κ3) is 5.02. The number of amides is 1. The molecule has 3 N–H and O–H groups in total. The molecule has 4 nitrogen and oxygen atoms in total. The van der Waals surface area contributed by atoms with Gasteiger partial charge in [-0.15, -0.1) is 0 Å². The van der Waals surface area contributed by atoms with Crippen molar-refractivity contribution in [2.75, 3.05) is 11.9 Å². The molecule has 0 unspecified atom stereocenters. The Kier molecular flexibility index (Phi) is 6.09. The Morgan fingerprint density at radius 1 is 1.56 bits per heavy atom. The van der Waals surface area contributed by atoms with Crippen LogP contribution in [0.1, 0.15) is 26.7 Å². The topological polar surface area (TPSA) is 68.0 Å². The van der Waals surface area contributed by atoms with Crippen molar-refractivity contribution in [2.24, 2.45) is 17.6 Å². The third-order valence-electron chi connectivity index (χ3n) is 2.65. The second-order valence-electron chi connectivity index (χ2n) is 4.83. The number of aromatic nitrogens is 1. The number of nitrogens with two attached hydrogens (primary N) is 1. The molecular weight excluding hydrogens is 250 g/mol. The van der Waals surface area contributed by atoms with Gasteiger partial charge in [-0.05, 0) is 36.9 Å². The van der Waals surface area contributed by atoms with Gasteiger partial charge in [-0.3, -0.25) is 4.79 Å². The highest BCUT2D eigenvalue weighted by Crippen LogP contribution is 2.19.